The number of aliphatic hydroxyl groups excluding tert-OH is 2. The third kappa shape index (κ3) is 6.00. The third-order valence-corrected chi connectivity index (χ3v) is 6.53. The lowest BCUT2D eigenvalue weighted by molar-refractivity contribution is -0.151. The number of rotatable bonds is 6. The molecule has 2 aromatic carbocycles. The Morgan fingerprint density at radius 1 is 1.08 bits per heavy atom. The topological polar surface area (TPSA) is 87.6 Å². The van der Waals surface area contributed by atoms with Gasteiger partial charge in [-0.2, -0.15) is 0 Å². The average Bonchev–Trinajstić information content (AvgIpc) is 3.56. The summed E-state index contributed by atoms with van der Waals surface area (Å²) in [6, 6.07) is 17.1. The second-order valence-corrected chi connectivity index (χ2v) is 9.57. The van der Waals surface area contributed by atoms with E-state index >= 15 is 0 Å². The maximum Gasteiger partial charge on any atom is 0.285 e. The summed E-state index contributed by atoms with van der Waals surface area (Å²) < 4.78 is 34.9. The first kappa shape index (κ1) is 25.8. The van der Waals surface area contributed by atoms with E-state index in [4.69, 9.17) is 4.52 Å². The minimum atomic E-state index is -3.07. The minimum absolute atomic E-state index is 0.0727. The molecule has 0 amide bonds. The summed E-state index contributed by atoms with van der Waals surface area (Å²) in [6.45, 7) is 2.53. The lowest BCUT2D eigenvalue weighted by Gasteiger charge is -2.35. The number of aliphatic hydroxyl groups is 2. The van der Waals surface area contributed by atoms with Crippen molar-refractivity contribution in [1.29, 1.82) is 0 Å². The van der Waals surface area contributed by atoms with Crippen LogP contribution in [0.2, 0.25) is 0 Å². The van der Waals surface area contributed by atoms with Crippen molar-refractivity contribution in [2.45, 2.75) is 44.6 Å². The van der Waals surface area contributed by atoms with Crippen molar-refractivity contribution in [3.05, 3.63) is 95.2 Å². The molecule has 0 aliphatic carbocycles. The molecule has 2 unspecified atom stereocenters. The number of piperidine rings is 1. The molecule has 0 saturated carbocycles. The molecule has 2 atom stereocenters. The van der Waals surface area contributed by atoms with Crippen molar-refractivity contribution >= 4 is 0 Å². The average molecular weight is 519 g/mol. The molecule has 1 saturated heterocycles. The van der Waals surface area contributed by atoms with E-state index in [1.807, 2.05) is 59.2 Å². The standard InChI is InChI=1S/C29H28F2N4O3/c1-20(36)28-32-13-15-35(28)18-25-16-26(38-33-25)24-10-8-22(9-11-24)3-2-21-4-6-23(7-5-21)17-34-14-12-27(37)29(30,31)19-34/h4-11,13,15-16,20,27,36-37H,12,14,17-19H2,1H3. The predicted octanol–water partition coefficient (Wildman–Crippen LogP) is 4.24. The second-order valence-electron chi connectivity index (χ2n) is 9.57. The first-order chi connectivity index (χ1) is 18.3. The van der Waals surface area contributed by atoms with Gasteiger partial charge in [-0.25, -0.2) is 13.8 Å². The Kier molecular flexibility index (Phi) is 7.38. The maximum absolute atomic E-state index is 13.8. The van der Waals surface area contributed by atoms with Crippen LogP contribution in [0.3, 0.4) is 0 Å². The van der Waals surface area contributed by atoms with Gasteiger partial charge in [0.25, 0.3) is 5.92 Å². The lowest BCUT2D eigenvalue weighted by atomic mass is 10.0. The zero-order valence-corrected chi connectivity index (χ0v) is 20.9. The van der Waals surface area contributed by atoms with Gasteiger partial charge >= 0.3 is 0 Å². The highest BCUT2D eigenvalue weighted by Gasteiger charge is 2.43. The van der Waals surface area contributed by atoms with E-state index in [1.165, 1.54) is 0 Å². The Bertz CT molecular complexity index is 1430. The fraction of sp³-hybridized carbons (Fsp3) is 0.310. The summed E-state index contributed by atoms with van der Waals surface area (Å²) >= 11 is 0. The predicted molar refractivity (Wildman–Crippen MR) is 137 cm³/mol. The molecule has 4 aromatic rings. The number of hydrogen-bond acceptors (Lipinski definition) is 6. The number of nitrogens with zero attached hydrogens (tertiary/aromatic N) is 4. The highest BCUT2D eigenvalue weighted by Crippen LogP contribution is 2.28. The van der Waals surface area contributed by atoms with Crippen LogP contribution >= 0.6 is 0 Å². The van der Waals surface area contributed by atoms with Crippen molar-refractivity contribution in [2.75, 3.05) is 13.1 Å². The zero-order chi connectivity index (χ0) is 26.7. The molecule has 38 heavy (non-hydrogen) atoms. The molecular weight excluding hydrogens is 490 g/mol. The van der Waals surface area contributed by atoms with E-state index in [0.717, 1.165) is 27.9 Å². The van der Waals surface area contributed by atoms with Crippen molar-refractivity contribution in [1.82, 2.24) is 19.6 Å². The molecule has 7 nitrogen and oxygen atoms in total. The summed E-state index contributed by atoms with van der Waals surface area (Å²) in [5.41, 5.74) is 4.18. The van der Waals surface area contributed by atoms with Crippen LogP contribution < -0.4 is 0 Å². The van der Waals surface area contributed by atoms with Gasteiger partial charge in [0.05, 0.1) is 13.1 Å². The van der Waals surface area contributed by atoms with E-state index in [9.17, 15) is 19.0 Å². The summed E-state index contributed by atoms with van der Waals surface area (Å²) in [5, 5.41) is 23.4. The van der Waals surface area contributed by atoms with Crippen molar-refractivity contribution in [2.24, 2.45) is 0 Å². The molecule has 2 N–H and O–H groups in total. The van der Waals surface area contributed by atoms with E-state index in [2.05, 4.69) is 22.0 Å². The Hall–Kier alpha value is -3.84. The Morgan fingerprint density at radius 3 is 2.42 bits per heavy atom. The number of halogens is 2. The fourth-order valence-corrected chi connectivity index (χ4v) is 4.47. The molecule has 1 aliphatic heterocycles. The molecule has 2 aromatic heterocycles. The number of benzene rings is 2. The van der Waals surface area contributed by atoms with Gasteiger partial charge in [0, 0.05) is 48.2 Å². The molecule has 9 heteroatoms. The second kappa shape index (κ2) is 10.9. The largest absolute Gasteiger partial charge is 0.387 e. The van der Waals surface area contributed by atoms with Gasteiger partial charge in [0.1, 0.15) is 23.7 Å². The first-order valence-corrected chi connectivity index (χ1v) is 12.4. The molecule has 0 radical (unpaired) electrons. The van der Waals surface area contributed by atoms with Crippen molar-refractivity contribution in [3.8, 4) is 23.2 Å². The van der Waals surface area contributed by atoms with Crippen LogP contribution in [0.1, 0.15) is 47.7 Å². The summed E-state index contributed by atoms with van der Waals surface area (Å²) in [4.78, 5) is 5.83. The highest BCUT2D eigenvalue weighted by molar-refractivity contribution is 5.59. The monoisotopic (exact) mass is 518 g/mol. The van der Waals surface area contributed by atoms with Gasteiger partial charge in [0.15, 0.2) is 5.76 Å². The molecule has 0 bridgehead atoms. The Labute approximate surface area is 219 Å². The van der Waals surface area contributed by atoms with Crippen LogP contribution in [0.15, 0.2) is 71.5 Å². The molecular formula is C29H28F2N4O3. The SMILES string of the molecule is CC(O)c1nccn1Cc1cc(-c2ccc(C#Cc3ccc(CN4CCC(O)C(F)(F)C4)cc3)cc2)on1. The van der Waals surface area contributed by atoms with Crippen LogP contribution in [0.4, 0.5) is 8.78 Å². The van der Waals surface area contributed by atoms with E-state index in [1.54, 1.807) is 24.2 Å². The smallest absolute Gasteiger partial charge is 0.285 e. The quantitative estimate of drug-likeness (QED) is 0.372. The van der Waals surface area contributed by atoms with E-state index in [-0.39, 0.29) is 6.42 Å². The zero-order valence-electron chi connectivity index (χ0n) is 20.9. The summed E-state index contributed by atoms with van der Waals surface area (Å²) in [5.74, 6) is 4.40. The Morgan fingerprint density at radius 2 is 1.76 bits per heavy atom. The van der Waals surface area contributed by atoms with Gasteiger partial charge < -0.3 is 19.3 Å². The molecule has 5 rings (SSSR count). The maximum atomic E-state index is 13.8. The first-order valence-electron chi connectivity index (χ1n) is 12.4. The van der Waals surface area contributed by atoms with Crippen LogP contribution in [0, 0.1) is 11.8 Å². The van der Waals surface area contributed by atoms with Crippen LogP contribution in [-0.4, -0.2) is 54.9 Å². The van der Waals surface area contributed by atoms with Crippen molar-refractivity contribution in [3.63, 3.8) is 0 Å². The molecule has 3 heterocycles. The number of hydrogen-bond donors (Lipinski definition) is 2. The molecule has 0 spiro atoms. The van der Waals surface area contributed by atoms with Gasteiger partial charge in [-0.1, -0.05) is 29.1 Å². The van der Waals surface area contributed by atoms with Gasteiger partial charge in [-0.15, -0.1) is 0 Å². The fourth-order valence-electron chi connectivity index (χ4n) is 4.47. The third-order valence-electron chi connectivity index (χ3n) is 6.53. The van der Waals surface area contributed by atoms with Crippen LogP contribution in [0.5, 0.6) is 0 Å². The highest BCUT2D eigenvalue weighted by atomic mass is 19.3. The van der Waals surface area contributed by atoms with Gasteiger partial charge in [-0.05, 0) is 55.3 Å². The Balaban J connectivity index is 1.19. The molecule has 1 fully saturated rings. The normalized spacial score (nSPS) is 18.1. The van der Waals surface area contributed by atoms with E-state index < -0.39 is 24.7 Å². The lowest BCUT2D eigenvalue weighted by Crippen LogP contribution is -2.51. The summed E-state index contributed by atoms with van der Waals surface area (Å²) in [7, 11) is 0. The number of imidazole rings is 1. The van der Waals surface area contributed by atoms with Crippen LogP contribution in [0.25, 0.3) is 11.3 Å². The van der Waals surface area contributed by atoms with Gasteiger partial charge in [-0.3, -0.25) is 4.90 Å². The minimum Gasteiger partial charge on any atom is -0.387 e. The van der Waals surface area contributed by atoms with Crippen LogP contribution in [-0.2, 0) is 13.1 Å². The van der Waals surface area contributed by atoms with E-state index in [0.29, 0.717) is 31.2 Å². The number of aromatic nitrogens is 3. The van der Waals surface area contributed by atoms with Gasteiger partial charge in [0.2, 0.25) is 0 Å². The summed E-state index contributed by atoms with van der Waals surface area (Å²) in [6.07, 6.45) is 1.27. The molecule has 196 valence electrons. The number of alkyl halides is 2. The number of likely N-dealkylation sites (tertiary alicyclic amines) is 1. The molecule has 1 aliphatic rings. The van der Waals surface area contributed by atoms with Crippen molar-refractivity contribution < 1.29 is 23.5 Å².